The standard InChI is InChI=1S/C27H32N2O3/c1-3-12-29-21-7-8-22(29)14-25(18-4-9-23(31-2)10-5-18)20(13-21)17-32-24-11-6-19-16-28-27(30)26(19)15-24/h4-6,9-11,15,21-22H,3,7-8,12-14,16-17H2,1-2H3,(H,28,30)/t21-,22+/m0/s1. The minimum Gasteiger partial charge on any atom is -0.497 e. The number of ether oxygens (including phenoxy) is 2. The zero-order chi connectivity index (χ0) is 22.1. The number of fused-ring (bicyclic) bond motifs is 3. The summed E-state index contributed by atoms with van der Waals surface area (Å²) in [6, 6.07) is 15.5. The molecular weight excluding hydrogens is 400 g/mol. The molecule has 32 heavy (non-hydrogen) atoms. The minimum absolute atomic E-state index is 0.00873. The molecule has 0 radical (unpaired) electrons. The van der Waals surface area contributed by atoms with Gasteiger partial charge in [0, 0.05) is 24.2 Å². The highest BCUT2D eigenvalue weighted by Gasteiger charge is 2.37. The summed E-state index contributed by atoms with van der Waals surface area (Å²) in [5.74, 6) is 1.64. The summed E-state index contributed by atoms with van der Waals surface area (Å²) in [4.78, 5) is 14.8. The van der Waals surface area contributed by atoms with E-state index in [0.29, 0.717) is 25.2 Å². The second-order valence-electron chi connectivity index (χ2n) is 9.13. The van der Waals surface area contributed by atoms with Gasteiger partial charge in [-0.3, -0.25) is 9.69 Å². The first-order valence-corrected chi connectivity index (χ1v) is 11.8. The van der Waals surface area contributed by atoms with Crippen molar-refractivity contribution in [3.05, 3.63) is 64.7 Å². The molecule has 2 bridgehead atoms. The van der Waals surface area contributed by atoms with Crippen molar-refractivity contribution in [1.82, 2.24) is 10.2 Å². The summed E-state index contributed by atoms with van der Waals surface area (Å²) >= 11 is 0. The van der Waals surface area contributed by atoms with Crippen LogP contribution in [-0.4, -0.2) is 43.2 Å². The van der Waals surface area contributed by atoms with E-state index in [1.54, 1.807) is 7.11 Å². The number of amides is 1. The fraction of sp³-hybridized carbons (Fsp3) is 0.444. The molecule has 5 rings (SSSR count). The van der Waals surface area contributed by atoms with Crippen LogP contribution in [0.1, 0.15) is 60.5 Å². The van der Waals surface area contributed by atoms with Crippen molar-refractivity contribution in [2.45, 2.75) is 57.7 Å². The summed E-state index contributed by atoms with van der Waals surface area (Å²) in [6.07, 6.45) is 5.84. The fourth-order valence-corrected chi connectivity index (χ4v) is 5.58. The van der Waals surface area contributed by atoms with Gasteiger partial charge in [0.15, 0.2) is 0 Å². The van der Waals surface area contributed by atoms with Gasteiger partial charge in [0.2, 0.25) is 0 Å². The van der Waals surface area contributed by atoms with E-state index >= 15 is 0 Å². The lowest BCUT2D eigenvalue weighted by atomic mass is 9.89. The topological polar surface area (TPSA) is 50.8 Å². The van der Waals surface area contributed by atoms with E-state index in [1.165, 1.54) is 42.5 Å². The molecule has 0 aromatic heterocycles. The van der Waals surface area contributed by atoms with Crippen LogP contribution < -0.4 is 14.8 Å². The Kier molecular flexibility index (Phi) is 5.92. The van der Waals surface area contributed by atoms with Gasteiger partial charge in [-0.2, -0.15) is 0 Å². The summed E-state index contributed by atoms with van der Waals surface area (Å²) < 4.78 is 11.7. The summed E-state index contributed by atoms with van der Waals surface area (Å²) in [6.45, 7) is 4.61. The van der Waals surface area contributed by atoms with Gasteiger partial charge in [0.1, 0.15) is 18.1 Å². The second-order valence-corrected chi connectivity index (χ2v) is 9.13. The maximum absolute atomic E-state index is 12.1. The van der Waals surface area contributed by atoms with Crippen LogP contribution in [-0.2, 0) is 6.54 Å². The molecule has 5 nitrogen and oxygen atoms in total. The molecule has 2 aromatic carbocycles. The predicted molar refractivity (Wildman–Crippen MR) is 126 cm³/mol. The van der Waals surface area contributed by atoms with Crippen molar-refractivity contribution >= 4 is 11.5 Å². The molecule has 1 N–H and O–H groups in total. The average molecular weight is 433 g/mol. The van der Waals surface area contributed by atoms with Crippen LogP contribution in [0.4, 0.5) is 0 Å². The number of hydrogen-bond acceptors (Lipinski definition) is 4. The van der Waals surface area contributed by atoms with Gasteiger partial charge >= 0.3 is 0 Å². The van der Waals surface area contributed by atoms with Gasteiger partial charge in [0.05, 0.1) is 7.11 Å². The van der Waals surface area contributed by atoms with E-state index in [4.69, 9.17) is 9.47 Å². The van der Waals surface area contributed by atoms with Crippen LogP contribution in [0.15, 0.2) is 48.0 Å². The molecule has 0 saturated carbocycles. The van der Waals surface area contributed by atoms with E-state index in [9.17, 15) is 4.79 Å². The molecule has 2 aromatic rings. The van der Waals surface area contributed by atoms with Crippen LogP contribution in [0.25, 0.3) is 5.57 Å². The Balaban J connectivity index is 1.43. The van der Waals surface area contributed by atoms with E-state index in [2.05, 4.69) is 29.3 Å². The number of nitrogens with zero attached hydrogens (tertiary/aromatic N) is 1. The van der Waals surface area contributed by atoms with Gasteiger partial charge < -0.3 is 14.8 Å². The van der Waals surface area contributed by atoms with Crippen LogP contribution in [0.2, 0.25) is 0 Å². The predicted octanol–water partition coefficient (Wildman–Crippen LogP) is 4.81. The number of carbonyl (C=O) groups is 1. The number of methoxy groups -OCH3 is 1. The molecule has 3 aliphatic rings. The molecule has 3 heterocycles. The zero-order valence-corrected chi connectivity index (χ0v) is 19.0. The van der Waals surface area contributed by atoms with Crippen molar-refractivity contribution in [1.29, 1.82) is 0 Å². The third kappa shape index (κ3) is 4.02. The Hall–Kier alpha value is -2.79. The molecule has 0 spiro atoms. The highest BCUT2D eigenvalue weighted by atomic mass is 16.5. The lowest BCUT2D eigenvalue weighted by Gasteiger charge is -2.27. The number of benzene rings is 2. The van der Waals surface area contributed by atoms with Crippen LogP contribution in [0, 0.1) is 0 Å². The first-order chi connectivity index (χ1) is 15.7. The molecule has 3 aliphatic heterocycles. The normalized spacial score (nSPS) is 22.5. The van der Waals surface area contributed by atoms with Gasteiger partial charge in [-0.15, -0.1) is 0 Å². The first-order valence-electron chi connectivity index (χ1n) is 11.8. The largest absolute Gasteiger partial charge is 0.497 e. The Labute approximate surface area is 190 Å². The zero-order valence-electron chi connectivity index (χ0n) is 19.0. The summed E-state index contributed by atoms with van der Waals surface area (Å²) in [5, 5.41) is 2.88. The smallest absolute Gasteiger partial charge is 0.252 e. The SMILES string of the molecule is CCCN1[C@@H]2CC[C@H]1CC(COc1ccc3c(c1)C(=O)NC3)=C(c1ccc(OC)cc1)C2. The number of nitrogens with one attached hydrogen (secondary N) is 1. The van der Waals surface area contributed by atoms with Crippen molar-refractivity contribution < 1.29 is 14.3 Å². The van der Waals surface area contributed by atoms with Gasteiger partial charge in [-0.25, -0.2) is 0 Å². The average Bonchev–Trinajstić information content (AvgIpc) is 3.32. The van der Waals surface area contributed by atoms with E-state index < -0.39 is 0 Å². The molecule has 0 unspecified atom stereocenters. The number of carbonyl (C=O) groups excluding carboxylic acids is 1. The quantitative estimate of drug-likeness (QED) is 0.682. The highest BCUT2D eigenvalue weighted by Crippen LogP contribution is 2.41. The van der Waals surface area contributed by atoms with Gasteiger partial charge in [-0.05, 0) is 85.2 Å². The lowest BCUT2D eigenvalue weighted by Crippen LogP contribution is -2.35. The van der Waals surface area contributed by atoms with Crippen molar-refractivity contribution in [2.24, 2.45) is 0 Å². The fourth-order valence-electron chi connectivity index (χ4n) is 5.58. The molecule has 1 amide bonds. The maximum Gasteiger partial charge on any atom is 0.252 e. The van der Waals surface area contributed by atoms with Crippen molar-refractivity contribution in [2.75, 3.05) is 20.3 Å². The Bertz CT molecular complexity index is 1030. The first kappa shape index (κ1) is 21.1. The third-order valence-corrected chi connectivity index (χ3v) is 7.22. The molecule has 2 atom stereocenters. The molecule has 0 aliphatic carbocycles. The molecule has 1 fully saturated rings. The van der Waals surface area contributed by atoms with E-state index in [0.717, 1.165) is 35.5 Å². The maximum atomic E-state index is 12.1. The van der Waals surface area contributed by atoms with Gasteiger partial charge in [-0.1, -0.05) is 25.1 Å². The summed E-state index contributed by atoms with van der Waals surface area (Å²) in [7, 11) is 1.71. The minimum atomic E-state index is -0.00873. The van der Waals surface area contributed by atoms with Crippen LogP contribution in [0.3, 0.4) is 0 Å². The van der Waals surface area contributed by atoms with Crippen LogP contribution >= 0.6 is 0 Å². The number of rotatable bonds is 7. The molecule has 1 saturated heterocycles. The van der Waals surface area contributed by atoms with E-state index in [-0.39, 0.29) is 5.91 Å². The number of hydrogen-bond donors (Lipinski definition) is 1. The Morgan fingerprint density at radius 2 is 1.78 bits per heavy atom. The third-order valence-electron chi connectivity index (χ3n) is 7.22. The monoisotopic (exact) mass is 432 g/mol. The van der Waals surface area contributed by atoms with Crippen LogP contribution in [0.5, 0.6) is 11.5 Å². The van der Waals surface area contributed by atoms with Gasteiger partial charge in [0.25, 0.3) is 5.91 Å². The molecule has 168 valence electrons. The Morgan fingerprint density at radius 3 is 2.53 bits per heavy atom. The van der Waals surface area contributed by atoms with Crippen molar-refractivity contribution in [3.63, 3.8) is 0 Å². The molecule has 5 heteroatoms. The highest BCUT2D eigenvalue weighted by molar-refractivity contribution is 5.98. The van der Waals surface area contributed by atoms with E-state index in [1.807, 2.05) is 30.3 Å². The Morgan fingerprint density at radius 1 is 1.03 bits per heavy atom. The summed E-state index contributed by atoms with van der Waals surface area (Å²) in [5.41, 5.74) is 5.85. The second kappa shape index (κ2) is 8.99. The molecular formula is C27H32N2O3. The lowest BCUT2D eigenvalue weighted by molar-refractivity contribution is 0.0965. The van der Waals surface area contributed by atoms with Crippen molar-refractivity contribution in [3.8, 4) is 11.5 Å².